The van der Waals surface area contributed by atoms with E-state index in [-0.39, 0.29) is 16.7 Å². The molecule has 6 nitrogen and oxygen atoms in total. The molecule has 0 atom stereocenters. The zero-order chi connectivity index (χ0) is 22.4. The lowest BCUT2D eigenvalue weighted by molar-refractivity contribution is -0.121. The van der Waals surface area contributed by atoms with E-state index in [1.807, 2.05) is 26.0 Å². The fraction of sp³-hybridized carbons (Fsp3) is 0.435. The van der Waals surface area contributed by atoms with Gasteiger partial charge < -0.3 is 5.32 Å². The van der Waals surface area contributed by atoms with Crippen LogP contribution in [0.1, 0.15) is 32.3 Å². The highest BCUT2D eigenvalue weighted by atomic mass is 79.9. The Kier molecular flexibility index (Phi) is 8.27. The van der Waals surface area contributed by atoms with Crippen LogP contribution >= 0.6 is 15.9 Å². The van der Waals surface area contributed by atoms with Gasteiger partial charge in [0.2, 0.25) is 15.9 Å². The SMILES string of the molecule is CCN(CC)S(=O)(=O)c1ccc(NC(=O)C2CCN(Cc3ccc(Br)cc3)CC2)cc1. The molecule has 0 radical (unpaired) electrons. The van der Waals surface area contributed by atoms with Crippen molar-refractivity contribution in [3.05, 3.63) is 58.6 Å². The van der Waals surface area contributed by atoms with E-state index >= 15 is 0 Å². The number of piperidine rings is 1. The number of carbonyl (C=O) groups excluding carboxylic acids is 1. The fourth-order valence-corrected chi connectivity index (χ4v) is 5.59. The first-order valence-electron chi connectivity index (χ1n) is 10.7. The predicted molar refractivity (Wildman–Crippen MR) is 127 cm³/mol. The fourth-order valence-electron chi connectivity index (χ4n) is 3.87. The number of hydrogen-bond acceptors (Lipinski definition) is 4. The van der Waals surface area contributed by atoms with Gasteiger partial charge in [-0.3, -0.25) is 9.69 Å². The van der Waals surface area contributed by atoms with Crippen molar-refractivity contribution >= 4 is 37.5 Å². The number of carbonyl (C=O) groups is 1. The van der Waals surface area contributed by atoms with Crippen molar-refractivity contribution in [3.63, 3.8) is 0 Å². The molecule has 0 unspecified atom stereocenters. The van der Waals surface area contributed by atoms with E-state index < -0.39 is 10.0 Å². The summed E-state index contributed by atoms with van der Waals surface area (Å²) < 4.78 is 27.7. The lowest BCUT2D eigenvalue weighted by Gasteiger charge is -2.31. The van der Waals surface area contributed by atoms with Crippen molar-refractivity contribution in [2.24, 2.45) is 5.92 Å². The number of benzene rings is 2. The zero-order valence-corrected chi connectivity index (χ0v) is 20.5. The molecule has 2 aromatic carbocycles. The standard InChI is InChI=1S/C23H30BrN3O3S/c1-3-27(4-2)31(29,30)22-11-9-21(10-12-22)25-23(28)19-13-15-26(16-14-19)17-18-5-7-20(24)8-6-18/h5-12,19H,3-4,13-17H2,1-2H3,(H,25,28). The van der Waals surface area contributed by atoms with Gasteiger partial charge in [0.15, 0.2) is 0 Å². The van der Waals surface area contributed by atoms with Crippen LogP contribution in [0.25, 0.3) is 0 Å². The first-order chi connectivity index (χ1) is 14.8. The van der Waals surface area contributed by atoms with E-state index in [9.17, 15) is 13.2 Å². The lowest BCUT2D eigenvalue weighted by Crippen LogP contribution is -2.37. The Labute approximate surface area is 193 Å². The summed E-state index contributed by atoms with van der Waals surface area (Å²) in [5, 5.41) is 2.95. The summed E-state index contributed by atoms with van der Waals surface area (Å²) in [6, 6.07) is 14.8. The number of likely N-dealkylation sites (tertiary alicyclic amines) is 1. The molecule has 1 N–H and O–H groups in total. The van der Waals surface area contributed by atoms with Crippen molar-refractivity contribution in [1.29, 1.82) is 0 Å². The van der Waals surface area contributed by atoms with Crippen LogP contribution in [0.2, 0.25) is 0 Å². The maximum atomic E-state index is 12.7. The summed E-state index contributed by atoms with van der Waals surface area (Å²) in [5.74, 6) is -0.0251. The van der Waals surface area contributed by atoms with Crippen molar-refractivity contribution in [3.8, 4) is 0 Å². The Balaban J connectivity index is 1.52. The van der Waals surface area contributed by atoms with E-state index in [1.54, 1.807) is 24.3 Å². The molecule has 1 aliphatic heterocycles. The number of halogens is 1. The van der Waals surface area contributed by atoms with Gasteiger partial charge in [0.25, 0.3) is 0 Å². The second-order valence-corrected chi connectivity index (χ2v) is 10.6. The zero-order valence-electron chi connectivity index (χ0n) is 18.1. The number of hydrogen-bond donors (Lipinski definition) is 1. The Morgan fingerprint density at radius 1 is 1.03 bits per heavy atom. The van der Waals surface area contributed by atoms with Gasteiger partial charge in [0, 0.05) is 35.7 Å². The smallest absolute Gasteiger partial charge is 0.243 e. The molecule has 0 saturated carbocycles. The van der Waals surface area contributed by atoms with Crippen LogP contribution in [0, 0.1) is 5.92 Å². The normalized spacial score (nSPS) is 15.9. The monoisotopic (exact) mass is 507 g/mol. The lowest BCUT2D eigenvalue weighted by atomic mass is 9.95. The van der Waals surface area contributed by atoms with Crippen LogP contribution in [0.5, 0.6) is 0 Å². The topological polar surface area (TPSA) is 69.7 Å². The third-order valence-electron chi connectivity index (χ3n) is 5.74. The molecule has 0 aliphatic carbocycles. The predicted octanol–water partition coefficient (Wildman–Crippen LogP) is 4.33. The number of nitrogens with one attached hydrogen (secondary N) is 1. The minimum atomic E-state index is -3.49. The van der Waals surface area contributed by atoms with Gasteiger partial charge in [0.05, 0.1) is 4.90 Å². The van der Waals surface area contributed by atoms with Crippen molar-refractivity contribution in [2.75, 3.05) is 31.5 Å². The number of amides is 1. The van der Waals surface area contributed by atoms with E-state index in [1.165, 1.54) is 9.87 Å². The van der Waals surface area contributed by atoms with Crippen molar-refractivity contribution < 1.29 is 13.2 Å². The quantitative estimate of drug-likeness (QED) is 0.577. The van der Waals surface area contributed by atoms with Gasteiger partial charge in [-0.05, 0) is 67.9 Å². The van der Waals surface area contributed by atoms with Crippen LogP contribution in [0.15, 0.2) is 57.9 Å². The minimum absolute atomic E-state index is 0.00245. The third kappa shape index (κ3) is 6.16. The first kappa shape index (κ1) is 23.9. The minimum Gasteiger partial charge on any atom is -0.326 e. The molecule has 1 aliphatic rings. The summed E-state index contributed by atoms with van der Waals surface area (Å²) in [7, 11) is -3.49. The average Bonchev–Trinajstić information content (AvgIpc) is 2.77. The molecule has 168 valence electrons. The van der Waals surface area contributed by atoms with Gasteiger partial charge in [0.1, 0.15) is 0 Å². The van der Waals surface area contributed by atoms with Crippen molar-refractivity contribution in [1.82, 2.24) is 9.21 Å². The summed E-state index contributed by atoms with van der Waals surface area (Å²) in [4.78, 5) is 15.3. The van der Waals surface area contributed by atoms with E-state index in [2.05, 4.69) is 38.3 Å². The number of anilines is 1. The second-order valence-electron chi connectivity index (χ2n) is 7.78. The second kappa shape index (κ2) is 10.7. The van der Waals surface area contributed by atoms with Crippen LogP contribution in [0.3, 0.4) is 0 Å². The maximum Gasteiger partial charge on any atom is 0.243 e. The van der Waals surface area contributed by atoms with E-state index in [0.717, 1.165) is 36.9 Å². The van der Waals surface area contributed by atoms with Gasteiger partial charge in [-0.2, -0.15) is 4.31 Å². The highest BCUT2D eigenvalue weighted by molar-refractivity contribution is 9.10. The molecule has 1 amide bonds. The van der Waals surface area contributed by atoms with Crippen molar-refractivity contribution in [2.45, 2.75) is 38.1 Å². The molecule has 8 heteroatoms. The highest BCUT2D eigenvalue weighted by Gasteiger charge is 2.25. The summed E-state index contributed by atoms with van der Waals surface area (Å²) in [6.07, 6.45) is 1.63. The molecule has 0 spiro atoms. The number of nitrogens with zero attached hydrogens (tertiary/aromatic N) is 2. The van der Waals surface area contributed by atoms with E-state index in [0.29, 0.717) is 18.8 Å². The molecule has 0 aromatic heterocycles. The van der Waals surface area contributed by atoms with Crippen LogP contribution < -0.4 is 5.32 Å². The summed E-state index contributed by atoms with van der Waals surface area (Å²) in [6.45, 7) is 7.16. The van der Waals surface area contributed by atoms with Gasteiger partial charge in [-0.25, -0.2) is 8.42 Å². The van der Waals surface area contributed by atoms with Crippen LogP contribution in [-0.4, -0.2) is 49.7 Å². The molecular weight excluding hydrogens is 478 g/mol. The third-order valence-corrected chi connectivity index (χ3v) is 8.34. The molecule has 3 rings (SSSR count). The Hall–Kier alpha value is -1.74. The molecule has 1 heterocycles. The molecular formula is C23H30BrN3O3S. The van der Waals surface area contributed by atoms with Crippen LogP contribution in [0.4, 0.5) is 5.69 Å². The summed E-state index contributed by atoms with van der Waals surface area (Å²) in [5.41, 5.74) is 1.90. The number of sulfonamides is 1. The first-order valence-corrected chi connectivity index (χ1v) is 12.9. The summed E-state index contributed by atoms with van der Waals surface area (Å²) >= 11 is 3.46. The Bertz CT molecular complexity index is 966. The van der Waals surface area contributed by atoms with Gasteiger partial charge in [-0.1, -0.05) is 41.9 Å². The molecule has 1 fully saturated rings. The molecule has 1 saturated heterocycles. The van der Waals surface area contributed by atoms with E-state index in [4.69, 9.17) is 0 Å². The number of rotatable bonds is 8. The molecule has 0 bridgehead atoms. The Morgan fingerprint density at radius 2 is 1.61 bits per heavy atom. The molecule has 2 aromatic rings. The maximum absolute atomic E-state index is 12.7. The molecule has 31 heavy (non-hydrogen) atoms. The Morgan fingerprint density at radius 3 is 2.16 bits per heavy atom. The van der Waals surface area contributed by atoms with Gasteiger partial charge >= 0.3 is 0 Å². The highest BCUT2D eigenvalue weighted by Crippen LogP contribution is 2.23. The van der Waals surface area contributed by atoms with Gasteiger partial charge in [-0.15, -0.1) is 0 Å². The average molecular weight is 508 g/mol. The largest absolute Gasteiger partial charge is 0.326 e. The van der Waals surface area contributed by atoms with Crippen LogP contribution in [-0.2, 0) is 21.4 Å².